The Morgan fingerprint density at radius 3 is 2.54 bits per heavy atom. The number of hydrogen-bond donors (Lipinski definition) is 1. The average Bonchev–Trinajstić information content (AvgIpc) is 2.97. The standard InChI is InChI=1S/C21H26N6O/c1-15-8-5-6-9-19(15)27-17(3)18(16(2)25-27)14-26(4)20(28)10-13-24-21-22-11-7-12-23-21/h5-9,11-12H,10,13-14H2,1-4H3,(H,22,23,24). The largest absolute Gasteiger partial charge is 0.354 e. The van der Waals surface area contributed by atoms with Gasteiger partial charge in [-0.3, -0.25) is 4.79 Å². The fraction of sp³-hybridized carbons (Fsp3) is 0.333. The summed E-state index contributed by atoms with van der Waals surface area (Å²) in [4.78, 5) is 22.4. The molecule has 1 amide bonds. The maximum Gasteiger partial charge on any atom is 0.224 e. The Morgan fingerprint density at radius 1 is 1.11 bits per heavy atom. The van der Waals surface area contributed by atoms with Crippen LogP contribution in [0.15, 0.2) is 42.7 Å². The first-order chi connectivity index (χ1) is 13.5. The zero-order chi connectivity index (χ0) is 20.1. The first kappa shape index (κ1) is 19.5. The predicted molar refractivity (Wildman–Crippen MR) is 109 cm³/mol. The van der Waals surface area contributed by atoms with Gasteiger partial charge in [-0.1, -0.05) is 18.2 Å². The zero-order valence-corrected chi connectivity index (χ0v) is 16.8. The molecule has 3 aromatic rings. The summed E-state index contributed by atoms with van der Waals surface area (Å²) in [6, 6.07) is 9.92. The molecule has 0 bridgehead atoms. The Hall–Kier alpha value is -3.22. The number of aryl methyl sites for hydroxylation is 2. The molecule has 3 rings (SSSR count). The summed E-state index contributed by atoms with van der Waals surface area (Å²) < 4.78 is 1.96. The van der Waals surface area contributed by atoms with Crippen LogP contribution in [0.3, 0.4) is 0 Å². The van der Waals surface area contributed by atoms with E-state index in [1.807, 2.05) is 37.7 Å². The topological polar surface area (TPSA) is 75.9 Å². The van der Waals surface area contributed by atoms with Crippen LogP contribution < -0.4 is 5.32 Å². The SMILES string of the molecule is Cc1ccccc1-n1nc(C)c(CN(C)C(=O)CCNc2ncccn2)c1C. The fourth-order valence-electron chi connectivity index (χ4n) is 3.13. The highest BCUT2D eigenvalue weighted by atomic mass is 16.2. The van der Waals surface area contributed by atoms with Gasteiger partial charge < -0.3 is 10.2 Å². The van der Waals surface area contributed by atoms with E-state index in [2.05, 4.69) is 34.3 Å². The molecule has 0 saturated carbocycles. The van der Waals surface area contributed by atoms with Crippen molar-refractivity contribution in [1.82, 2.24) is 24.6 Å². The molecule has 2 heterocycles. The molecule has 1 aromatic carbocycles. The normalized spacial score (nSPS) is 10.7. The van der Waals surface area contributed by atoms with Crippen molar-refractivity contribution in [3.8, 4) is 5.69 Å². The van der Waals surface area contributed by atoms with Crippen LogP contribution in [0, 0.1) is 20.8 Å². The maximum absolute atomic E-state index is 12.5. The minimum atomic E-state index is 0.0610. The number of anilines is 1. The quantitative estimate of drug-likeness (QED) is 0.684. The minimum absolute atomic E-state index is 0.0610. The number of amides is 1. The molecule has 0 spiro atoms. The van der Waals surface area contributed by atoms with Crippen molar-refractivity contribution in [2.24, 2.45) is 0 Å². The maximum atomic E-state index is 12.5. The molecule has 0 atom stereocenters. The van der Waals surface area contributed by atoms with Gasteiger partial charge in [-0.2, -0.15) is 5.10 Å². The molecular weight excluding hydrogens is 352 g/mol. The lowest BCUT2D eigenvalue weighted by Gasteiger charge is -2.18. The Bertz CT molecular complexity index is 951. The van der Waals surface area contributed by atoms with Crippen LogP contribution in [0.1, 0.15) is 28.9 Å². The van der Waals surface area contributed by atoms with Crippen molar-refractivity contribution in [2.75, 3.05) is 18.9 Å². The van der Waals surface area contributed by atoms with Crippen LogP contribution in [0.25, 0.3) is 5.69 Å². The van der Waals surface area contributed by atoms with E-state index in [0.717, 1.165) is 22.6 Å². The van der Waals surface area contributed by atoms with Gasteiger partial charge in [-0.25, -0.2) is 14.6 Å². The van der Waals surface area contributed by atoms with E-state index in [1.165, 1.54) is 5.56 Å². The van der Waals surface area contributed by atoms with E-state index in [9.17, 15) is 4.79 Å². The van der Waals surface area contributed by atoms with Gasteiger partial charge in [0, 0.05) is 50.2 Å². The molecule has 0 aliphatic carbocycles. The monoisotopic (exact) mass is 378 g/mol. The number of benzene rings is 1. The van der Waals surface area contributed by atoms with Crippen molar-refractivity contribution in [3.63, 3.8) is 0 Å². The van der Waals surface area contributed by atoms with E-state index >= 15 is 0 Å². The second-order valence-electron chi connectivity index (χ2n) is 6.85. The van der Waals surface area contributed by atoms with E-state index in [0.29, 0.717) is 25.5 Å². The third-order valence-electron chi connectivity index (χ3n) is 4.79. The van der Waals surface area contributed by atoms with Gasteiger partial charge in [0.05, 0.1) is 11.4 Å². The third-order valence-corrected chi connectivity index (χ3v) is 4.79. The predicted octanol–water partition coefficient (Wildman–Crippen LogP) is 3.05. The number of para-hydroxylation sites is 1. The molecule has 7 nitrogen and oxygen atoms in total. The van der Waals surface area contributed by atoms with E-state index in [4.69, 9.17) is 5.10 Å². The molecular formula is C21H26N6O. The van der Waals surface area contributed by atoms with Gasteiger partial charge in [0.1, 0.15) is 0 Å². The van der Waals surface area contributed by atoms with Crippen molar-refractivity contribution in [3.05, 3.63) is 65.2 Å². The molecule has 2 aromatic heterocycles. The van der Waals surface area contributed by atoms with Gasteiger partial charge >= 0.3 is 0 Å². The summed E-state index contributed by atoms with van der Waals surface area (Å²) in [6.07, 6.45) is 3.71. The van der Waals surface area contributed by atoms with Crippen LogP contribution >= 0.6 is 0 Å². The Balaban J connectivity index is 1.64. The number of nitrogens with zero attached hydrogens (tertiary/aromatic N) is 5. The average molecular weight is 378 g/mol. The van der Waals surface area contributed by atoms with E-state index in [-0.39, 0.29) is 5.91 Å². The number of carbonyl (C=O) groups excluding carboxylic acids is 1. The number of hydrogen-bond acceptors (Lipinski definition) is 5. The van der Waals surface area contributed by atoms with Crippen molar-refractivity contribution < 1.29 is 4.79 Å². The van der Waals surface area contributed by atoms with Crippen molar-refractivity contribution in [2.45, 2.75) is 33.7 Å². The number of rotatable bonds is 7. The minimum Gasteiger partial charge on any atom is -0.354 e. The summed E-state index contributed by atoms with van der Waals surface area (Å²) in [5.74, 6) is 0.593. The first-order valence-corrected chi connectivity index (χ1v) is 9.33. The number of aromatic nitrogens is 4. The van der Waals surface area contributed by atoms with E-state index in [1.54, 1.807) is 23.4 Å². The van der Waals surface area contributed by atoms with Crippen LogP contribution in [0.2, 0.25) is 0 Å². The molecule has 146 valence electrons. The molecule has 0 fully saturated rings. The van der Waals surface area contributed by atoms with Gasteiger partial charge in [0.2, 0.25) is 11.9 Å². The highest BCUT2D eigenvalue weighted by Gasteiger charge is 2.17. The summed E-state index contributed by atoms with van der Waals surface area (Å²) in [7, 11) is 1.82. The number of carbonyl (C=O) groups is 1. The van der Waals surface area contributed by atoms with E-state index < -0.39 is 0 Å². The molecule has 28 heavy (non-hydrogen) atoms. The van der Waals surface area contributed by atoms with Crippen LogP contribution in [-0.4, -0.2) is 44.1 Å². The lowest BCUT2D eigenvalue weighted by molar-refractivity contribution is -0.130. The lowest BCUT2D eigenvalue weighted by atomic mass is 10.1. The van der Waals surface area contributed by atoms with Gasteiger partial charge in [0.25, 0.3) is 0 Å². The second kappa shape index (κ2) is 8.65. The fourth-order valence-corrected chi connectivity index (χ4v) is 3.13. The molecule has 0 unspecified atom stereocenters. The van der Waals surface area contributed by atoms with Gasteiger partial charge in [-0.15, -0.1) is 0 Å². The van der Waals surface area contributed by atoms with Crippen LogP contribution in [0.4, 0.5) is 5.95 Å². The van der Waals surface area contributed by atoms with Gasteiger partial charge in [-0.05, 0) is 38.5 Å². The highest BCUT2D eigenvalue weighted by Crippen LogP contribution is 2.21. The van der Waals surface area contributed by atoms with Crippen molar-refractivity contribution in [1.29, 1.82) is 0 Å². The molecule has 0 saturated heterocycles. The second-order valence-corrected chi connectivity index (χ2v) is 6.85. The molecule has 0 aliphatic heterocycles. The molecule has 0 radical (unpaired) electrons. The first-order valence-electron chi connectivity index (χ1n) is 9.33. The van der Waals surface area contributed by atoms with Crippen molar-refractivity contribution >= 4 is 11.9 Å². The Kier molecular flexibility index (Phi) is 6.03. The molecule has 1 N–H and O–H groups in total. The molecule has 0 aliphatic rings. The molecule has 7 heteroatoms. The van der Waals surface area contributed by atoms with Crippen LogP contribution in [0.5, 0.6) is 0 Å². The Morgan fingerprint density at radius 2 is 1.82 bits per heavy atom. The summed E-state index contributed by atoms with van der Waals surface area (Å²) in [5, 5.41) is 7.77. The summed E-state index contributed by atoms with van der Waals surface area (Å²) in [6.45, 7) is 7.14. The lowest BCUT2D eigenvalue weighted by Crippen LogP contribution is -2.28. The Labute approximate surface area is 165 Å². The summed E-state index contributed by atoms with van der Waals surface area (Å²) in [5.41, 5.74) is 5.31. The van der Waals surface area contributed by atoms with Gasteiger partial charge in [0.15, 0.2) is 0 Å². The highest BCUT2D eigenvalue weighted by molar-refractivity contribution is 5.76. The van der Waals surface area contributed by atoms with Crippen LogP contribution in [-0.2, 0) is 11.3 Å². The number of nitrogens with one attached hydrogen (secondary N) is 1. The zero-order valence-electron chi connectivity index (χ0n) is 16.8. The third kappa shape index (κ3) is 4.36. The smallest absolute Gasteiger partial charge is 0.224 e. The summed E-state index contributed by atoms with van der Waals surface area (Å²) >= 11 is 0.